The molecule has 0 saturated heterocycles. The number of aromatic hydroxyl groups is 1. The van der Waals surface area contributed by atoms with Crippen LogP contribution in [0.4, 0.5) is 0 Å². The number of pyridine rings is 1. The Hall–Kier alpha value is -1.46. The molecular weight excluding hydrogens is 278 g/mol. The number of aromatic nitrogens is 1. The van der Waals surface area contributed by atoms with E-state index >= 15 is 0 Å². The minimum atomic E-state index is -0.152. The standard InChI is InChI=1S/C17H27N3O2/c1-13-16(22)15(14(11-21)9-19-13)10-18-12-17(20(2)3)7-5-4-6-8-17/h9-10,21-22H,4-8,11-12H2,1-3H3. The third-order valence-electron chi connectivity index (χ3n) is 4.87. The Bertz CT molecular complexity index is 535. The summed E-state index contributed by atoms with van der Waals surface area (Å²) in [6.45, 7) is 2.31. The van der Waals surface area contributed by atoms with Gasteiger partial charge in [0.25, 0.3) is 0 Å². The highest BCUT2D eigenvalue weighted by atomic mass is 16.3. The summed E-state index contributed by atoms with van der Waals surface area (Å²) in [5.41, 5.74) is 1.86. The second-order valence-electron chi connectivity index (χ2n) is 6.44. The summed E-state index contributed by atoms with van der Waals surface area (Å²) in [6.07, 6.45) is 9.40. The van der Waals surface area contributed by atoms with Gasteiger partial charge in [-0.05, 0) is 33.9 Å². The molecule has 5 nitrogen and oxygen atoms in total. The smallest absolute Gasteiger partial charge is 0.145 e. The Balaban J connectivity index is 2.19. The van der Waals surface area contributed by atoms with Gasteiger partial charge in [0.1, 0.15) is 5.75 Å². The van der Waals surface area contributed by atoms with Gasteiger partial charge in [0.05, 0.1) is 18.8 Å². The molecule has 0 amide bonds. The van der Waals surface area contributed by atoms with Gasteiger partial charge in [0.15, 0.2) is 0 Å². The Morgan fingerprint density at radius 1 is 1.32 bits per heavy atom. The fourth-order valence-electron chi connectivity index (χ4n) is 3.19. The summed E-state index contributed by atoms with van der Waals surface area (Å²) in [4.78, 5) is 11.0. The van der Waals surface area contributed by atoms with Crippen molar-refractivity contribution in [1.82, 2.24) is 9.88 Å². The molecule has 0 spiro atoms. The molecule has 5 heteroatoms. The summed E-state index contributed by atoms with van der Waals surface area (Å²) in [5.74, 6) is 0.109. The van der Waals surface area contributed by atoms with E-state index in [0.29, 0.717) is 23.4 Å². The molecule has 0 unspecified atom stereocenters. The van der Waals surface area contributed by atoms with Gasteiger partial charge in [-0.3, -0.25) is 9.98 Å². The van der Waals surface area contributed by atoms with Crippen LogP contribution in [-0.2, 0) is 6.61 Å². The fraction of sp³-hybridized carbons (Fsp3) is 0.647. The maximum atomic E-state index is 10.1. The van der Waals surface area contributed by atoms with E-state index in [9.17, 15) is 10.2 Å². The normalized spacial score (nSPS) is 18.2. The lowest BCUT2D eigenvalue weighted by molar-refractivity contribution is 0.110. The van der Waals surface area contributed by atoms with E-state index in [1.807, 2.05) is 0 Å². The maximum Gasteiger partial charge on any atom is 0.145 e. The third-order valence-corrected chi connectivity index (χ3v) is 4.87. The molecule has 1 aliphatic carbocycles. The lowest BCUT2D eigenvalue weighted by atomic mass is 9.81. The lowest BCUT2D eigenvalue weighted by Gasteiger charge is -2.42. The number of nitrogens with zero attached hydrogens (tertiary/aromatic N) is 3. The van der Waals surface area contributed by atoms with Crippen molar-refractivity contribution in [3.63, 3.8) is 0 Å². The van der Waals surface area contributed by atoms with Gasteiger partial charge in [-0.25, -0.2) is 0 Å². The topological polar surface area (TPSA) is 69.0 Å². The van der Waals surface area contributed by atoms with Crippen LogP contribution in [-0.4, -0.2) is 52.5 Å². The molecule has 1 fully saturated rings. The first-order valence-electron chi connectivity index (χ1n) is 7.96. The summed E-state index contributed by atoms with van der Waals surface area (Å²) in [5, 5.41) is 19.5. The van der Waals surface area contributed by atoms with Crippen LogP contribution < -0.4 is 0 Å². The summed E-state index contributed by atoms with van der Waals surface area (Å²) < 4.78 is 0. The molecule has 1 aromatic heterocycles. The number of aliphatic imine (C=N–C) groups is 1. The molecule has 122 valence electrons. The van der Waals surface area contributed by atoms with Crippen molar-refractivity contribution in [1.29, 1.82) is 0 Å². The molecule has 0 aliphatic heterocycles. The zero-order chi connectivity index (χ0) is 16.2. The van der Waals surface area contributed by atoms with Crippen molar-refractivity contribution in [3.05, 3.63) is 23.0 Å². The Labute approximate surface area is 132 Å². The van der Waals surface area contributed by atoms with Gasteiger partial charge in [-0.15, -0.1) is 0 Å². The number of aliphatic hydroxyl groups is 1. The quantitative estimate of drug-likeness (QED) is 0.819. The van der Waals surface area contributed by atoms with Crippen LogP contribution in [0.1, 0.15) is 48.9 Å². The summed E-state index contributed by atoms with van der Waals surface area (Å²) in [6, 6.07) is 0. The molecule has 0 aromatic carbocycles. The molecule has 0 atom stereocenters. The Kier molecular flexibility index (Phi) is 5.53. The van der Waals surface area contributed by atoms with Crippen LogP contribution in [0, 0.1) is 6.92 Å². The van der Waals surface area contributed by atoms with E-state index in [4.69, 9.17) is 0 Å². The minimum Gasteiger partial charge on any atom is -0.505 e. The fourth-order valence-corrected chi connectivity index (χ4v) is 3.19. The molecule has 22 heavy (non-hydrogen) atoms. The number of hydrogen-bond acceptors (Lipinski definition) is 5. The second kappa shape index (κ2) is 7.20. The number of rotatable bonds is 5. The van der Waals surface area contributed by atoms with Crippen molar-refractivity contribution in [2.75, 3.05) is 20.6 Å². The van der Waals surface area contributed by atoms with Crippen molar-refractivity contribution in [2.24, 2.45) is 4.99 Å². The SMILES string of the molecule is Cc1ncc(CO)c(C=NCC2(N(C)C)CCCCC2)c1O. The summed E-state index contributed by atoms with van der Waals surface area (Å²) >= 11 is 0. The van der Waals surface area contributed by atoms with E-state index < -0.39 is 0 Å². The largest absolute Gasteiger partial charge is 0.505 e. The van der Waals surface area contributed by atoms with Crippen molar-refractivity contribution in [2.45, 2.75) is 51.2 Å². The average Bonchev–Trinajstić information content (AvgIpc) is 2.52. The lowest BCUT2D eigenvalue weighted by Crippen LogP contribution is -2.48. The van der Waals surface area contributed by atoms with Crippen molar-refractivity contribution >= 4 is 6.21 Å². The highest BCUT2D eigenvalue weighted by Crippen LogP contribution is 2.32. The van der Waals surface area contributed by atoms with E-state index in [-0.39, 0.29) is 17.9 Å². The molecule has 0 radical (unpaired) electrons. The highest BCUT2D eigenvalue weighted by Gasteiger charge is 2.33. The van der Waals surface area contributed by atoms with Gasteiger partial charge >= 0.3 is 0 Å². The second-order valence-corrected chi connectivity index (χ2v) is 6.44. The van der Waals surface area contributed by atoms with Crippen LogP contribution in [0.15, 0.2) is 11.2 Å². The van der Waals surface area contributed by atoms with E-state index in [2.05, 4.69) is 29.0 Å². The summed E-state index contributed by atoms with van der Waals surface area (Å²) in [7, 11) is 4.24. The third kappa shape index (κ3) is 3.47. The maximum absolute atomic E-state index is 10.1. The van der Waals surface area contributed by atoms with Crippen LogP contribution in [0.5, 0.6) is 5.75 Å². The molecular formula is C17H27N3O2. The highest BCUT2D eigenvalue weighted by molar-refractivity contribution is 5.85. The molecule has 1 saturated carbocycles. The Morgan fingerprint density at radius 3 is 2.59 bits per heavy atom. The molecule has 1 aliphatic rings. The first-order valence-corrected chi connectivity index (χ1v) is 7.96. The molecule has 1 aromatic rings. The van der Waals surface area contributed by atoms with E-state index in [1.54, 1.807) is 19.3 Å². The number of aryl methyl sites for hydroxylation is 1. The molecule has 1 heterocycles. The number of likely N-dealkylation sites (N-methyl/N-ethyl adjacent to an activating group) is 1. The number of hydrogen-bond donors (Lipinski definition) is 2. The zero-order valence-electron chi connectivity index (χ0n) is 13.8. The van der Waals surface area contributed by atoms with Crippen LogP contribution >= 0.6 is 0 Å². The van der Waals surface area contributed by atoms with Crippen molar-refractivity contribution < 1.29 is 10.2 Å². The first kappa shape index (κ1) is 16.9. The predicted octanol–water partition coefficient (Wildman–Crippen LogP) is 2.27. The van der Waals surface area contributed by atoms with Crippen LogP contribution in [0.3, 0.4) is 0 Å². The monoisotopic (exact) mass is 305 g/mol. The Morgan fingerprint density at radius 2 is 2.00 bits per heavy atom. The van der Waals surface area contributed by atoms with Gasteiger partial charge in [-0.1, -0.05) is 19.3 Å². The zero-order valence-corrected chi connectivity index (χ0v) is 13.8. The van der Waals surface area contributed by atoms with E-state index in [1.165, 1.54) is 19.3 Å². The van der Waals surface area contributed by atoms with Gasteiger partial charge in [0, 0.05) is 29.1 Å². The molecule has 2 N–H and O–H groups in total. The molecule has 0 bridgehead atoms. The number of aliphatic hydroxyl groups excluding tert-OH is 1. The van der Waals surface area contributed by atoms with Crippen LogP contribution in [0.2, 0.25) is 0 Å². The predicted molar refractivity (Wildman–Crippen MR) is 88.5 cm³/mol. The first-order chi connectivity index (χ1) is 10.5. The van der Waals surface area contributed by atoms with Gasteiger partial charge in [-0.2, -0.15) is 0 Å². The van der Waals surface area contributed by atoms with Crippen molar-refractivity contribution in [3.8, 4) is 5.75 Å². The van der Waals surface area contributed by atoms with Crippen LogP contribution in [0.25, 0.3) is 0 Å². The van der Waals surface area contributed by atoms with Gasteiger partial charge < -0.3 is 15.1 Å². The van der Waals surface area contributed by atoms with E-state index in [0.717, 1.165) is 12.8 Å². The van der Waals surface area contributed by atoms with Gasteiger partial charge in [0.2, 0.25) is 0 Å². The minimum absolute atomic E-state index is 0.109. The molecule has 2 rings (SSSR count). The average molecular weight is 305 g/mol.